The Morgan fingerprint density at radius 3 is 2.48 bits per heavy atom. The number of amides is 1. The van der Waals surface area contributed by atoms with Crippen LogP contribution in [0.3, 0.4) is 0 Å². The van der Waals surface area contributed by atoms with E-state index in [9.17, 15) is 4.79 Å². The summed E-state index contributed by atoms with van der Waals surface area (Å²) in [5.41, 5.74) is 3.66. The molecule has 2 aromatic carbocycles. The van der Waals surface area contributed by atoms with Crippen LogP contribution in [0.5, 0.6) is 0 Å². The number of aromatic nitrogens is 2. The SMILES string of the molecule is Cc1ccc([C@H]2NC(=O)c3cnn(-c4ccccc4)c3N2)cc1. The number of rotatable bonds is 2. The van der Waals surface area contributed by atoms with Crippen molar-refractivity contribution in [1.82, 2.24) is 15.1 Å². The van der Waals surface area contributed by atoms with Crippen LogP contribution >= 0.6 is 0 Å². The van der Waals surface area contributed by atoms with Crippen molar-refractivity contribution in [3.63, 3.8) is 0 Å². The van der Waals surface area contributed by atoms with Gasteiger partial charge in [-0.2, -0.15) is 5.10 Å². The molecule has 0 unspecified atom stereocenters. The Morgan fingerprint density at radius 2 is 1.74 bits per heavy atom. The highest BCUT2D eigenvalue weighted by Gasteiger charge is 2.28. The molecular formula is C18H16N4O. The average molecular weight is 304 g/mol. The fraction of sp³-hybridized carbons (Fsp3) is 0.111. The van der Waals surface area contributed by atoms with Gasteiger partial charge in [0.15, 0.2) is 0 Å². The number of carbonyl (C=O) groups is 1. The molecule has 5 heteroatoms. The molecular weight excluding hydrogens is 288 g/mol. The normalized spacial score (nSPS) is 16.4. The predicted octanol–water partition coefficient (Wildman–Crippen LogP) is 3.03. The van der Waals surface area contributed by atoms with Gasteiger partial charge in [0.1, 0.15) is 17.5 Å². The van der Waals surface area contributed by atoms with E-state index in [1.807, 2.05) is 61.5 Å². The van der Waals surface area contributed by atoms with E-state index in [1.54, 1.807) is 10.9 Å². The number of fused-ring (bicyclic) bond motifs is 1. The minimum Gasteiger partial charge on any atom is -0.345 e. The van der Waals surface area contributed by atoms with Crippen LogP contribution in [-0.4, -0.2) is 15.7 Å². The highest BCUT2D eigenvalue weighted by Crippen LogP contribution is 2.28. The van der Waals surface area contributed by atoms with Crippen molar-refractivity contribution in [3.05, 3.63) is 77.5 Å². The van der Waals surface area contributed by atoms with Gasteiger partial charge in [-0.05, 0) is 24.6 Å². The molecule has 0 spiro atoms. The molecule has 0 bridgehead atoms. The van der Waals surface area contributed by atoms with Crippen LogP contribution in [-0.2, 0) is 0 Å². The Balaban J connectivity index is 1.74. The first-order valence-corrected chi connectivity index (χ1v) is 7.50. The molecule has 0 aliphatic carbocycles. The summed E-state index contributed by atoms with van der Waals surface area (Å²) in [5.74, 6) is 0.594. The van der Waals surface area contributed by atoms with Gasteiger partial charge in [0.05, 0.1) is 11.9 Å². The molecule has 5 nitrogen and oxygen atoms in total. The number of hydrogen-bond donors (Lipinski definition) is 2. The fourth-order valence-corrected chi connectivity index (χ4v) is 2.73. The van der Waals surface area contributed by atoms with E-state index in [2.05, 4.69) is 15.7 Å². The number of aryl methyl sites for hydroxylation is 1. The minimum atomic E-state index is -0.269. The van der Waals surface area contributed by atoms with Gasteiger partial charge < -0.3 is 10.6 Å². The molecule has 2 heterocycles. The number of benzene rings is 2. The number of carbonyl (C=O) groups excluding carboxylic acids is 1. The standard InChI is InChI=1S/C18H16N4O/c1-12-7-9-13(10-8-12)16-20-17-15(18(23)21-16)11-19-22(17)14-5-3-2-4-6-14/h2-11,16,20H,1H3,(H,21,23)/t16-/m1/s1. The Bertz CT molecular complexity index is 852. The number of para-hydroxylation sites is 1. The highest BCUT2D eigenvalue weighted by molar-refractivity contribution is 6.01. The summed E-state index contributed by atoms with van der Waals surface area (Å²) in [6, 6.07) is 17.9. The summed E-state index contributed by atoms with van der Waals surface area (Å²) in [6.07, 6.45) is 1.32. The molecule has 4 rings (SSSR count). The zero-order valence-electron chi connectivity index (χ0n) is 12.7. The maximum atomic E-state index is 12.4. The topological polar surface area (TPSA) is 59.0 Å². The Labute approximate surface area is 134 Å². The first-order valence-electron chi connectivity index (χ1n) is 7.50. The molecule has 0 saturated carbocycles. The maximum absolute atomic E-state index is 12.4. The van der Waals surface area contributed by atoms with Crippen LogP contribution in [0.4, 0.5) is 5.82 Å². The van der Waals surface area contributed by atoms with Crippen molar-refractivity contribution >= 4 is 11.7 Å². The molecule has 114 valence electrons. The van der Waals surface area contributed by atoms with E-state index in [0.717, 1.165) is 11.3 Å². The third-order valence-corrected chi connectivity index (χ3v) is 3.98. The van der Waals surface area contributed by atoms with Gasteiger partial charge >= 0.3 is 0 Å². The van der Waals surface area contributed by atoms with Crippen molar-refractivity contribution in [2.45, 2.75) is 13.1 Å². The van der Waals surface area contributed by atoms with Gasteiger partial charge in [-0.3, -0.25) is 4.79 Å². The first-order chi connectivity index (χ1) is 11.2. The second-order valence-corrected chi connectivity index (χ2v) is 5.62. The molecule has 1 aliphatic heterocycles. The maximum Gasteiger partial charge on any atom is 0.258 e. The highest BCUT2D eigenvalue weighted by atomic mass is 16.2. The van der Waals surface area contributed by atoms with Gasteiger partial charge in [0, 0.05) is 0 Å². The van der Waals surface area contributed by atoms with Gasteiger partial charge in [0.2, 0.25) is 0 Å². The number of nitrogens with zero attached hydrogens (tertiary/aromatic N) is 2. The Kier molecular flexibility index (Phi) is 3.12. The van der Waals surface area contributed by atoms with Crippen molar-refractivity contribution < 1.29 is 4.79 Å². The zero-order valence-corrected chi connectivity index (χ0v) is 12.7. The predicted molar refractivity (Wildman–Crippen MR) is 88.6 cm³/mol. The smallest absolute Gasteiger partial charge is 0.258 e. The van der Waals surface area contributed by atoms with Crippen LogP contribution in [0.15, 0.2) is 60.8 Å². The molecule has 0 radical (unpaired) electrons. The van der Waals surface area contributed by atoms with Crippen LogP contribution in [0.1, 0.15) is 27.7 Å². The number of hydrogen-bond acceptors (Lipinski definition) is 3. The first kappa shape index (κ1) is 13.6. The third-order valence-electron chi connectivity index (χ3n) is 3.98. The summed E-state index contributed by atoms with van der Waals surface area (Å²) in [4.78, 5) is 12.4. The molecule has 0 saturated heterocycles. The van der Waals surface area contributed by atoms with Gasteiger partial charge in [-0.25, -0.2) is 4.68 Å². The fourth-order valence-electron chi connectivity index (χ4n) is 2.73. The van der Waals surface area contributed by atoms with Crippen LogP contribution in [0, 0.1) is 6.92 Å². The summed E-state index contributed by atoms with van der Waals surface area (Å²) in [7, 11) is 0. The average Bonchev–Trinajstić information content (AvgIpc) is 3.01. The van der Waals surface area contributed by atoms with E-state index < -0.39 is 0 Å². The van der Waals surface area contributed by atoms with Crippen molar-refractivity contribution in [1.29, 1.82) is 0 Å². The monoisotopic (exact) mass is 304 g/mol. The lowest BCUT2D eigenvalue weighted by Crippen LogP contribution is -2.38. The van der Waals surface area contributed by atoms with Crippen molar-refractivity contribution in [2.24, 2.45) is 0 Å². The van der Waals surface area contributed by atoms with Gasteiger partial charge in [0.25, 0.3) is 5.91 Å². The molecule has 1 aliphatic rings. The molecule has 1 amide bonds. The van der Waals surface area contributed by atoms with Crippen LogP contribution in [0.2, 0.25) is 0 Å². The second kappa shape index (κ2) is 5.28. The largest absolute Gasteiger partial charge is 0.345 e. The molecule has 1 aromatic heterocycles. The minimum absolute atomic E-state index is 0.119. The summed E-state index contributed by atoms with van der Waals surface area (Å²) in [6.45, 7) is 2.04. The molecule has 23 heavy (non-hydrogen) atoms. The van der Waals surface area contributed by atoms with Crippen molar-refractivity contribution in [3.8, 4) is 5.69 Å². The zero-order chi connectivity index (χ0) is 15.8. The molecule has 0 fully saturated rings. The summed E-state index contributed by atoms with van der Waals surface area (Å²) in [5, 5.41) is 10.7. The van der Waals surface area contributed by atoms with E-state index >= 15 is 0 Å². The third kappa shape index (κ3) is 2.36. The molecule has 1 atom stereocenters. The lowest BCUT2D eigenvalue weighted by atomic mass is 10.1. The summed E-state index contributed by atoms with van der Waals surface area (Å²) >= 11 is 0. The lowest BCUT2D eigenvalue weighted by molar-refractivity contribution is 0.0935. The second-order valence-electron chi connectivity index (χ2n) is 5.62. The molecule has 3 aromatic rings. The Morgan fingerprint density at radius 1 is 1.00 bits per heavy atom. The number of anilines is 1. The van der Waals surface area contributed by atoms with Crippen LogP contribution in [0.25, 0.3) is 5.69 Å². The summed E-state index contributed by atoms with van der Waals surface area (Å²) < 4.78 is 1.76. The number of nitrogens with one attached hydrogen (secondary N) is 2. The van der Waals surface area contributed by atoms with E-state index in [-0.39, 0.29) is 12.1 Å². The quantitative estimate of drug-likeness (QED) is 0.765. The van der Waals surface area contributed by atoms with Crippen LogP contribution < -0.4 is 10.6 Å². The Hall–Kier alpha value is -3.08. The lowest BCUT2D eigenvalue weighted by Gasteiger charge is -2.27. The van der Waals surface area contributed by atoms with E-state index in [1.165, 1.54) is 5.56 Å². The van der Waals surface area contributed by atoms with Gasteiger partial charge in [-0.15, -0.1) is 0 Å². The molecule has 2 N–H and O–H groups in total. The van der Waals surface area contributed by atoms with Gasteiger partial charge in [-0.1, -0.05) is 48.0 Å². The van der Waals surface area contributed by atoms with E-state index in [4.69, 9.17) is 0 Å². The van der Waals surface area contributed by atoms with Crippen molar-refractivity contribution in [2.75, 3.05) is 5.32 Å². The van der Waals surface area contributed by atoms with E-state index in [0.29, 0.717) is 11.4 Å².